The summed E-state index contributed by atoms with van der Waals surface area (Å²) >= 11 is 0. The molecule has 31 heavy (non-hydrogen) atoms. The van der Waals surface area contributed by atoms with E-state index in [9.17, 15) is 13.2 Å². The van der Waals surface area contributed by atoms with Crippen LogP contribution in [0.4, 0.5) is 5.69 Å². The Morgan fingerprint density at radius 2 is 1.61 bits per heavy atom. The van der Waals surface area contributed by atoms with Gasteiger partial charge in [0.2, 0.25) is 10.0 Å². The number of ether oxygens (including phenoxy) is 2. The lowest BCUT2D eigenvalue weighted by atomic mass is 10.1. The maximum absolute atomic E-state index is 12.5. The fourth-order valence-corrected chi connectivity index (χ4v) is 4.02. The first-order valence-corrected chi connectivity index (χ1v) is 10.9. The van der Waals surface area contributed by atoms with Crippen LogP contribution in [0.15, 0.2) is 77.7 Å². The fourth-order valence-electron chi connectivity index (χ4n) is 2.94. The number of benzene rings is 3. The molecule has 1 amide bonds. The summed E-state index contributed by atoms with van der Waals surface area (Å²) in [6, 6.07) is 21.6. The highest BCUT2D eigenvalue weighted by Crippen LogP contribution is 2.30. The van der Waals surface area contributed by atoms with Gasteiger partial charge in [0.15, 0.2) is 6.61 Å². The number of nitrogens with zero attached hydrogens (tertiary/aromatic N) is 1. The van der Waals surface area contributed by atoms with E-state index in [2.05, 4.69) is 5.32 Å². The van der Waals surface area contributed by atoms with Gasteiger partial charge < -0.3 is 14.8 Å². The number of sulfonamides is 1. The highest BCUT2D eigenvalue weighted by atomic mass is 32.2. The molecule has 0 aliphatic rings. The zero-order valence-electron chi connectivity index (χ0n) is 17.5. The Morgan fingerprint density at radius 3 is 2.29 bits per heavy atom. The van der Waals surface area contributed by atoms with Gasteiger partial charge in [-0.15, -0.1) is 0 Å². The van der Waals surface area contributed by atoms with E-state index in [4.69, 9.17) is 9.47 Å². The monoisotopic (exact) mass is 440 g/mol. The van der Waals surface area contributed by atoms with Crippen molar-refractivity contribution in [2.24, 2.45) is 0 Å². The summed E-state index contributed by atoms with van der Waals surface area (Å²) in [5, 5.41) is 2.67. The van der Waals surface area contributed by atoms with Gasteiger partial charge >= 0.3 is 0 Å². The molecule has 1 N–H and O–H groups in total. The van der Waals surface area contributed by atoms with Crippen molar-refractivity contribution in [3.63, 3.8) is 0 Å². The first kappa shape index (κ1) is 22.3. The van der Waals surface area contributed by atoms with E-state index < -0.39 is 15.9 Å². The van der Waals surface area contributed by atoms with Crippen molar-refractivity contribution >= 4 is 21.6 Å². The van der Waals surface area contributed by atoms with Crippen LogP contribution in [0.25, 0.3) is 11.1 Å². The van der Waals surface area contributed by atoms with Crippen molar-refractivity contribution in [3.8, 4) is 22.6 Å². The largest absolute Gasteiger partial charge is 0.495 e. The third-order valence-corrected chi connectivity index (χ3v) is 6.37. The summed E-state index contributed by atoms with van der Waals surface area (Å²) in [6.45, 7) is -0.231. The van der Waals surface area contributed by atoms with Crippen LogP contribution in [0.5, 0.6) is 11.5 Å². The van der Waals surface area contributed by atoms with Crippen LogP contribution in [-0.4, -0.2) is 46.4 Å². The number of hydrogen-bond donors (Lipinski definition) is 1. The van der Waals surface area contributed by atoms with Crippen molar-refractivity contribution < 1.29 is 22.7 Å². The molecule has 0 aliphatic carbocycles. The van der Waals surface area contributed by atoms with Gasteiger partial charge in [-0.3, -0.25) is 4.79 Å². The van der Waals surface area contributed by atoms with Crippen molar-refractivity contribution in [2.45, 2.75) is 4.90 Å². The number of nitrogens with one attached hydrogen (secondary N) is 1. The lowest BCUT2D eigenvalue weighted by molar-refractivity contribution is -0.118. The highest BCUT2D eigenvalue weighted by Gasteiger charge is 2.23. The summed E-state index contributed by atoms with van der Waals surface area (Å²) in [5.41, 5.74) is 2.18. The van der Waals surface area contributed by atoms with Gasteiger partial charge in [-0.2, -0.15) is 0 Å². The number of hydrogen-bond acceptors (Lipinski definition) is 5. The number of carbonyl (C=O) groups is 1. The summed E-state index contributed by atoms with van der Waals surface area (Å²) in [7, 11) is 0.503. The van der Waals surface area contributed by atoms with Crippen molar-refractivity contribution in [1.82, 2.24) is 4.31 Å². The topological polar surface area (TPSA) is 84.9 Å². The summed E-state index contributed by atoms with van der Waals surface area (Å²) in [4.78, 5) is 12.4. The van der Waals surface area contributed by atoms with Crippen molar-refractivity contribution in [1.29, 1.82) is 0 Å². The molecular formula is C23H24N2O5S. The summed E-state index contributed by atoms with van der Waals surface area (Å²) in [5.74, 6) is 0.357. The van der Waals surface area contributed by atoms with Gasteiger partial charge in [-0.25, -0.2) is 12.7 Å². The van der Waals surface area contributed by atoms with E-state index in [-0.39, 0.29) is 17.3 Å². The lowest BCUT2D eigenvalue weighted by Gasteiger charge is -2.16. The van der Waals surface area contributed by atoms with Crippen molar-refractivity contribution in [3.05, 3.63) is 72.8 Å². The van der Waals surface area contributed by atoms with Gasteiger partial charge in [0, 0.05) is 25.3 Å². The average molecular weight is 441 g/mol. The number of carbonyl (C=O) groups excluding carboxylic acids is 1. The molecule has 3 rings (SSSR count). The zero-order chi connectivity index (χ0) is 22.4. The smallest absolute Gasteiger partial charge is 0.262 e. The van der Waals surface area contributed by atoms with Crippen LogP contribution < -0.4 is 14.8 Å². The molecule has 0 atom stereocenters. The summed E-state index contributed by atoms with van der Waals surface area (Å²) in [6.07, 6.45) is 0. The van der Waals surface area contributed by atoms with E-state index in [1.807, 2.05) is 48.5 Å². The van der Waals surface area contributed by atoms with E-state index in [0.717, 1.165) is 15.4 Å². The maximum Gasteiger partial charge on any atom is 0.262 e. The second-order valence-corrected chi connectivity index (χ2v) is 8.97. The number of anilines is 1. The highest BCUT2D eigenvalue weighted by molar-refractivity contribution is 7.89. The van der Waals surface area contributed by atoms with Crippen LogP contribution in [0, 0.1) is 0 Å². The van der Waals surface area contributed by atoms with Crippen LogP contribution in [0.3, 0.4) is 0 Å². The predicted molar refractivity (Wildman–Crippen MR) is 120 cm³/mol. The van der Waals surface area contributed by atoms with Gasteiger partial charge in [0.1, 0.15) is 16.4 Å². The molecule has 3 aromatic carbocycles. The van der Waals surface area contributed by atoms with Gasteiger partial charge in [0.05, 0.1) is 7.11 Å². The number of para-hydroxylation sites is 1. The van der Waals surface area contributed by atoms with E-state index in [0.29, 0.717) is 11.4 Å². The number of amides is 1. The van der Waals surface area contributed by atoms with Gasteiger partial charge in [-0.1, -0.05) is 48.5 Å². The lowest BCUT2D eigenvalue weighted by Crippen LogP contribution is -2.24. The van der Waals surface area contributed by atoms with E-state index in [1.54, 1.807) is 12.1 Å². The molecule has 0 aromatic heterocycles. The molecule has 0 spiro atoms. The van der Waals surface area contributed by atoms with Crippen molar-refractivity contribution in [2.75, 3.05) is 33.1 Å². The standard InChI is InChI=1S/C23H24N2O5S/c1-25(2)31(27,28)22-15-18(13-14-21(22)29-3)24-23(26)16-30-20-12-8-7-11-19(20)17-9-5-4-6-10-17/h4-15H,16H2,1-3H3,(H,24,26). The Morgan fingerprint density at radius 1 is 0.935 bits per heavy atom. The molecule has 7 nitrogen and oxygen atoms in total. The Labute approximate surface area is 182 Å². The van der Waals surface area contributed by atoms with E-state index in [1.165, 1.54) is 33.3 Å². The zero-order valence-corrected chi connectivity index (χ0v) is 18.3. The number of methoxy groups -OCH3 is 1. The molecule has 0 unspecified atom stereocenters. The fraction of sp³-hybridized carbons (Fsp3) is 0.174. The third kappa shape index (κ3) is 5.22. The summed E-state index contributed by atoms with van der Waals surface area (Å²) < 4.78 is 37.1. The first-order chi connectivity index (χ1) is 14.8. The van der Waals surface area contributed by atoms with Crippen LogP contribution in [-0.2, 0) is 14.8 Å². The maximum atomic E-state index is 12.5. The first-order valence-electron chi connectivity index (χ1n) is 9.50. The van der Waals surface area contributed by atoms with E-state index >= 15 is 0 Å². The predicted octanol–water partition coefficient (Wildman–Crippen LogP) is 3.63. The van der Waals surface area contributed by atoms with Gasteiger partial charge in [0.25, 0.3) is 5.91 Å². The second-order valence-electron chi connectivity index (χ2n) is 6.85. The molecule has 0 heterocycles. The minimum Gasteiger partial charge on any atom is -0.495 e. The van der Waals surface area contributed by atoms with Crippen LogP contribution in [0.2, 0.25) is 0 Å². The van der Waals surface area contributed by atoms with Crippen LogP contribution >= 0.6 is 0 Å². The second kappa shape index (κ2) is 9.63. The third-order valence-electron chi connectivity index (χ3n) is 4.54. The Balaban J connectivity index is 1.74. The molecule has 0 fully saturated rings. The molecule has 0 bridgehead atoms. The molecular weight excluding hydrogens is 416 g/mol. The normalized spacial score (nSPS) is 11.2. The Hall–Kier alpha value is -3.36. The minimum atomic E-state index is -3.74. The Kier molecular flexibility index (Phi) is 6.94. The molecule has 0 radical (unpaired) electrons. The quantitative estimate of drug-likeness (QED) is 0.578. The molecule has 162 valence electrons. The minimum absolute atomic E-state index is 0.0341. The van der Waals surface area contributed by atoms with Gasteiger partial charge in [-0.05, 0) is 29.8 Å². The SMILES string of the molecule is COc1ccc(NC(=O)COc2ccccc2-c2ccccc2)cc1S(=O)(=O)N(C)C. The average Bonchev–Trinajstić information content (AvgIpc) is 2.78. The molecule has 0 saturated carbocycles. The Bertz CT molecular complexity index is 1160. The molecule has 0 aliphatic heterocycles. The molecule has 8 heteroatoms. The molecule has 3 aromatic rings. The number of rotatable bonds is 8. The molecule has 0 saturated heterocycles. The van der Waals surface area contributed by atoms with Crippen LogP contribution in [0.1, 0.15) is 0 Å².